The Kier molecular flexibility index (Phi) is 9.66. The monoisotopic (exact) mass is 575 g/mol. The van der Waals surface area contributed by atoms with Crippen LogP contribution in [0.25, 0.3) is 0 Å². The second-order valence-corrected chi connectivity index (χ2v) is 9.73. The fourth-order valence-electron chi connectivity index (χ4n) is 3.67. The van der Waals surface area contributed by atoms with Gasteiger partial charge in [0, 0.05) is 14.0 Å². The Labute approximate surface area is 221 Å². The van der Waals surface area contributed by atoms with Crippen molar-refractivity contribution in [3.05, 3.63) is 71.8 Å². The fourth-order valence-corrected chi connectivity index (χ4v) is 4.30. The summed E-state index contributed by atoms with van der Waals surface area (Å²) in [4.78, 5) is 37.2. The molecule has 1 saturated heterocycles. The first-order valence-electron chi connectivity index (χ1n) is 11.3. The quantitative estimate of drug-likeness (QED) is 0.268. The molecule has 15 heteroatoms. The van der Waals surface area contributed by atoms with E-state index < -0.39 is 70.7 Å². The van der Waals surface area contributed by atoms with Gasteiger partial charge < -0.3 is 24.3 Å². The van der Waals surface area contributed by atoms with Gasteiger partial charge in [-0.15, -0.1) is 0 Å². The van der Waals surface area contributed by atoms with Crippen molar-refractivity contribution in [3.8, 4) is 0 Å². The van der Waals surface area contributed by atoms with Crippen LogP contribution in [-0.2, 0) is 38.0 Å². The summed E-state index contributed by atoms with van der Waals surface area (Å²) < 4.78 is 89.8. The Balaban J connectivity index is 2.01. The van der Waals surface area contributed by atoms with Gasteiger partial charge in [0.15, 0.2) is 12.4 Å². The average Bonchev–Trinajstić information content (AvgIpc) is 2.89. The molecule has 1 fully saturated rings. The zero-order valence-electron chi connectivity index (χ0n) is 20.5. The summed E-state index contributed by atoms with van der Waals surface area (Å²) in [6.07, 6.45) is -7.41. The van der Waals surface area contributed by atoms with Crippen molar-refractivity contribution in [2.75, 3.05) is 13.7 Å². The molecule has 0 spiro atoms. The van der Waals surface area contributed by atoms with Crippen molar-refractivity contribution in [1.82, 2.24) is 5.32 Å². The van der Waals surface area contributed by atoms with Gasteiger partial charge in [0.05, 0.1) is 11.1 Å². The van der Waals surface area contributed by atoms with Crippen molar-refractivity contribution >= 4 is 28.0 Å². The Morgan fingerprint density at radius 3 is 1.95 bits per heavy atom. The van der Waals surface area contributed by atoms with Crippen molar-refractivity contribution < 1.29 is 59.1 Å². The third-order valence-electron chi connectivity index (χ3n) is 5.41. The molecule has 0 radical (unpaired) electrons. The predicted octanol–water partition coefficient (Wildman–Crippen LogP) is 2.18. The van der Waals surface area contributed by atoms with Gasteiger partial charge in [-0.25, -0.2) is 9.59 Å². The minimum Gasteiger partial charge on any atom is -0.459 e. The molecule has 5 atom stereocenters. The summed E-state index contributed by atoms with van der Waals surface area (Å²) >= 11 is 0. The van der Waals surface area contributed by atoms with E-state index >= 15 is 0 Å². The average molecular weight is 576 g/mol. The molecule has 11 nitrogen and oxygen atoms in total. The molecule has 1 amide bonds. The van der Waals surface area contributed by atoms with Gasteiger partial charge in [-0.3, -0.25) is 8.98 Å². The maximum absolute atomic E-state index is 13.3. The van der Waals surface area contributed by atoms with Crippen molar-refractivity contribution in [2.24, 2.45) is 0 Å². The highest BCUT2D eigenvalue weighted by atomic mass is 32.2. The highest BCUT2D eigenvalue weighted by Crippen LogP contribution is 2.33. The summed E-state index contributed by atoms with van der Waals surface area (Å²) in [6, 6.07) is 13.2. The maximum Gasteiger partial charge on any atom is 0.523 e. The highest BCUT2D eigenvalue weighted by molar-refractivity contribution is 7.87. The van der Waals surface area contributed by atoms with Gasteiger partial charge in [-0.05, 0) is 24.3 Å². The summed E-state index contributed by atoms with van der Waals surface area (Å²) in [5.41, 5.74) is -5.82. The van der Waals surface area contributed by atoms with Crippen LogP contribution in [0.5, 0.6) is 0 Å². The van der Waals surface area contributed by atoms with E-state index in [1.165, 1.54) is 48.5 Å². The van der Waals surface area contributed by atoms with Gasteiger partial charge in [0.1, 0.15) is 24.9 Å². The SMILES string of the molecule is CO[C@H]1O[C@H](COC(=O)c2ccccc2)[C@H](OS(=O)(=O)C(F)(F)F)[C@H](OC(=O)c2ccccc2)[C@H]1NC(C)=O. The molecule has 2 aromatic carbocycles. The van der Waals surface area contributed by atoms with E-state index in [-0.39, 0.29) is 11.1 Å². The standard InChI is InChI=1S/C24H24F3NO10S/c1-14(29)28-18-20(37-22(31)16-11-7-4-8-12-16)19(38-39(32,33)24(25,26)27)17(36-23(18)34-2)13-35-21(30)15-9-5-3-6-10-15/h3-12,17-20,23H,13H2,1-2H3,(H,28,29)/t17-,18-,19+,20-,23+/m1/s1. The number of carbonyl (C=O) groups is 3. The molecular formula is C24H24F3NO10S. The maximum atomic E-state index is 13.3. The summed E-state index contributed by atoms with van der Waals surface area (Å²) in [5, 5.41) is 2.33. The lowest BCUT2D eigenvalue weighted by atomic mass is 9.96. The number of halogens is 3. The van der Waals surface area contributed by atoms with Crippen LogP contribution in [0.2, 0.25) is 0 Å². The van der Waals surface area contributed by atoms with Gasteiger partial charge in [-0.1, -0.05) is 36.4 Å². The first-order valence-corrected chi connectivity index (χ1v) is 12.7. The third-order valence-corrected chi connectivity index (χ3v) is 6.45. The Bertz CT molecular complexity index is 1260. The minimum absolute atomic E-state index is 0.0379. The number of alkyl halides is 3. The van der Waals surface area contributed by atoms with Gasteiger partial charge in [-0.2, -0.15) is 21.6 Å². The third kappa shape index (κ3) is 7.53. The number of methoxy groups -OCH3 is 1. The van der Waals surface area contributed by atoms with E-state index in [4.69, 9.17) is 18.9 Å². The van der Waals surface area contributed by atoms with Crippen LogP contribution < -0.4 is 5.32 Å². The zero-order valence-corrected chi connectivity index (χ0v) is 21.3. The Hall–Kier alpha value is -3.53. The lowest BCUT2D eigenvalue weighted by Crippen LogP contribution is -2.66. The molecule has 0 unspecified atom stereocenters. The summed E-state index contributed by atoms with van der Waals surface area (Å²) in [7, 11) is -5.17. The molecule has 0 bridgehead atoms. The molecule has 212 valence electrons. The van der Waals surface area contributed by atoms with Crippen LogP contribution in [0.15, 0.2) is 60.7 Å². The molecule has 0 saturated carbocycles. The number of amides is 1. The number of ether oxygens (including phenoxy) is 4. The first kappa shape index (κ1) is 30.0. The van der Waals surface area contributed by atoms with Crippen LogP contribution in [0.1, 0.15) is 27.6 Å². The van der Waals surface area contributed by atoms with E-state index in [1.54, 1.807) is 12.1 Å². The van der Waals surface area contributed by atoms with Crippen molar-refractivity contribution in [1.29, 1.82) is 0 Å². The molecule has 39 heavy (non-hydrogen) atoms. The molecule has 0 aromatic heterocycles. The number of carbonyl (C=O) groups excluding carboxylic acids is 3. The molecule has 0 aliphatic carbocycles. The van der Waals surface area contributed by atoms with Gasteiger partial charge >= 0.3 is 27.6 Å². The number of nitrogens with one attached hydrogen (secondary N) is 1. The summed E-state index contributed by atoms with van der Waals surface area (Å²) in [6.45, 7) is 0.219. The molecule has 1 heterocycles. The first-order chi connectivity index (χ1) is 18.3. The van der Waals surface area contributed by atoms with E-state index in [0.29, 0.717) is 0 Å². The number of esters is 2. The van der Waals surface area contributed by atoms with Crippen LogP contribution in [0, 0.1) is 0 Å². The minimum atomic E-state index is -6.30. The van der Waals surface area contributed by atoms with Crippen LogP contribution in [-0.4, -0.2) is 76.1 Å². The normalized spacial score (nSPS) is 23.5. The largest absolute Gasteiger partial charge is 0.523 e. The van der Waals surface area contributed by atoms with Gasteiger partial charge in [0.25, 0.3) is 0 Å². The van der Waals surface area contributed by atoms with Crippen molar-refractivity contribution in [2.45, 2.75) is 43.1 Å². The second kappa shape index (κ2) is 12.5. The smallest absolute Gasteiger partial charge is 0.459 e. The van der Waals surface area contributed by atoms with Crippen molar-refractivity contribution in [3.63, 3.8) is 0 Å². The Morgan fingerprint density at radius 1 is 0.923 bits per heavy atom. The van der Waals surface area contributed by atoms with Crippen LogP contribution in [0.4, 0.5) is 13.2 Å². The Morgan fingerprint density at radius 2 is 1.46 bits per heavy atom. The number of hydrogen-bond acceptors (Lipinski definition) is 10. The lowest BCUT2D eigenvalue weighted by Gasteiger charge is -2.44. The molecule has 1 aliphatic rings. The van der Waals surface area contributed by atoms with E-state index in [2.05, 4.69) is 9.50 Å². The molecule has 1 N–H and O–H groups in total. The zero-order chi connectivity index (χ0) is 28.8. The second-order valence-electron chi connectivity index (χ2n) is 8.17. The number of hydrogen-bond donors (Lipinski definition) is 1. The lowest BCUT2D eigenvalue weighted by molar-refractivity contribution is -0.257. The molecule has 3 rings (SSSR count). The highest BCUT2D eigenvalue weighted by Gasteiger charge is 2.56. The number of rotatable bonds is 9. The predicted molar refractivity (Wildman–Crippen MR) is 125 cm³/mol. The van der Waals surface area contributed by atoms with Crippen LogP contribution in [0.3, 0.4) is 0 Å². The number of benzene rings is 2. The van der Waals surface area contributed by atoms with E-state index in [0.717, 1.165) is 14.0 Å². The molecule has 1 aliphatic heterocycles. The molecular weight excluding hydrogens is 551 g/mol. The van der Waals surface area contributed by atoms with Crippen LogP contribution >= 0.6 is 0 Å². The molecule has 2 aromatic rings. The topological polar surface area (TPSA) is 144 Å². The van der Waals surface area contributed by atoms with E-state index in [9.17, 15) is 36.0 Å². The summed E-state index contributed by atoms with van der Waals surface area (Å²) in [5.74, 6) is -2.73. The van der Waals surface area contributed by atoms with E-state index in [1.807, 2.05) is 0 Å². The fraction of sp³-hybridized carbons (Fsp3) is 0.375. The van der Waals surface area contributed by atoms with Gasteiger partial charge in [0.2, 0.25) is 5.91 Å².